The van der Waals surface area contributed by atoms with Crippen LogP contribution in [0.2, 0.25) is 0 Å². The van der Waals surface area contributed by atoms with Crippen LogP contribution in [0.1, 0.15) is 37.7 Å². The number of amides is 2. The Labute approximate surface area is 161 Å². The van der Waals surface area contributed by atoms with Crippen LogP contribution >= 0.6 is 12.4 Å². The molecule has 3 rings (SSSR count). The van der Waals surface area contributed by atoms with Crippen LogP contribution in [0.15, 0.2) is 24.3 Å². The predicted molar refractivity (Wildman–Crippen MR) is 104 cm³/mol. The summed E-state index contributed by atoms with van der Waals surface area (Å²) in [6.07, 6.45) is 4.04. The summed E-state index contributed by atoms with van der Waals surface area (Å²) in [4.78, 5) is 26.4. The zero-order valence-electron chi connectivity index (χ0n) is 15.3. The normalized spacial score (nSPS) is 19.6. The van der Waals surface area contributed by atoms with Gasteiger partial charge >= 0.3 is 0 Å². The molecule has 0 spiro atoms. The minimum Gasteiger partial charge on any atom is -0.368 e. The third kappa shape index (κ3) is 4.55. The third-order valence-electron chi connectivity index (χ3n) is 5.24. The fourth-order valence-corrected chi connectivity index (χ4v) is 3.57. The van der Waals surface area contributed by atoms with Gasteiger partial charge in [-0.3, -0.25) is 9.59 Å². The molecule has 2 heterocycles. The van der Waals surface area contributed by atoms with E-state index in [0.717, 1.165) is 43.7 Å². The first-order valence-electron chi connectivity index (χ1n) is 9.08. The Morgan fingerprint density at radius 2 is 1.92 bits per heavy atom. The number of halogens is 1. The molecule has 1 aromatic rings. The number of hydrogen-bond acceptors (Lipinski definition) is 4. The molecule has 2 fully saturated rings. The number of benzene rings is 1. The van der Waals surface area contributed by atoms with Gasteiger partial charge in [0.2, 0.25) is 5.91 Å². The average Bonchev–Trinajstić information content (AvgIpc) is 2.67. The first kappa shape index (κ1) is 20.7. The molecule has 0 saturated carbocycles. The summed E-state index contributed by atoms with van der Waals surface area (Å²) in [7, 11) is 1.61. The van der Waals surface area contributed by atoms with Crippen molar-refractivity contribution in [3.8, 4) is 0 Å². The lowest BCUT2D eigenvalue weighted by molar-refractivity contribution is -0.146. The highest BCUT2D eigenvalue weighted by molar-refractivity contribution is 5.94. The number of carbonyl (C=O) groups is 2. The van der Waals surface area contributed by atoms with Crippen molar-refractivity contribution in [2.45, 2.75) is 44.2 Å². The number of anilines is 1. The summed E-state index contributed by atoms with van der Waals surface area (Å²) in [6, 6.07) is 7.86. The maximum absolute atomic E-state index is 12.6. The first-order valence-corrected chi connectivity index (χ1v) is 9.08. The molecule has 0 aliphatic carbocycles. The molecule has 2 aliphatic heterocycles. The second-order valence-corrected chi connectivity index (χ2v) is 6.80. The van der Waals surface area contributed by atoms with Crippen LogP contribution in [0.4, 0.5) is 5.69 Å². The van der Waals surface area contributed by atoms with Crippen LogP contribution in [0.5, 0.6) is 0 Å². The number of nitrogens with one attached hydrogen (secondary N) is 2. The molecular formula is C19H28ClN3O3. The summed E-state index contributed by atoms with van der Waals surface area (Å²) in [5.41, 5.74) is 1.24. The Morgan fingerprint density at radius 1 is 1.23 bits per heavy atom. The summed E-state index contributed by atoms with van der Waals surface area (Å²) < 4.78 is 5.54. The molecule has 6 nitrogen and oxygen atoms in total. The summed E-state index contributed by atoms with van der Waals surface area (Å²) in [6.45, 7) is 2.84. The molecule has 144 valence electrons. The highest BCUT2D eigenvalue weighted by Gasteiger charge is 2.39. The van der Waals surface area contributed by atoms with Gasteiger partial charge in [0.15, 0.2) is 0 Å². The number of rotatable bonds is 5. The Bertz CT molecular complexity index is 615. The first-order chi connectivity index (χ1) is 12.1. The fourth-order valence-electron chi connectivity index (χ4n) is 3.57. The maximum atomic E-state index is 12.6. The van der Waals surface area contributed by atoms with Crippen molar-refractivity contribution in [3.63, 3.8) is 0 Å². The maximum Gasteiger partial charge on any atom is 0.252 e. The van der Waals surface area contributed by atoms with Crippen molar-refractivity contribution in [1.29, 1.82) is 0 Å². The zero-order valence-corrected chi connectivity index (χ0v) is 16.1. The molecule has 2 N–H and O–H groups in total. The lowest BCUT2D eigenvalue weighted by Gasteiger charge is -2.34. The SMILES string of the molecule is COC1(C(=O)NCc2ccc(N3CCCCC3=O)cc2)CCNCC1.Cl. The average molecular weight is 382 g/mol. The minimum atomic E-state index is -0.717. The Balaban J connectivity index is 0.00000243. The lowest BCUT2D eigenvalue weighted by Crippen LogP contribution is -2.53. The molecule has 2 amide bonds. The number of hydrogen-bond donors (Lipinski definition) is 2. The molecule has 0 radical (unpaired) electrons. The number of piperidine rings is 2. The van der Waals surface area contributed by atoms with Crippen LogP contribution in [-0.2, 0) is 20.9 Å². The van der Waals surface area contributed by atoms with Gasteiger partial charge in [-0.1, -0.05) is 12.1 Å². The smallest absolute Gasteiger partial charge is 0.252 e. The van der Waals surface area contributed by atoms with Gasteiger partial charge in [-0.15, -0.1) is 12.4 Å². The molecular weight excluding hydrogens is 354 g/mol. The second-order valence-electron chi connectivity index (χ2n) is 6.80. The van der Waals surface area contributed by atoms with E-state index in [1.165, 1.54) is 0 Å². The van der Waals surface area contributed by atoms with Crippen molar-refractivity contribution < 1.29 is 14.3 Å². The quantitative estimate of drug-likeness (QED) is 0.818. The van der Waals surface area contributed by atoms with Crippen molar-refractivity contribution in [3.05, 3.63) is 29.8 Å². The van der Waals surface area contributed by atoms with Gasteiger partial charge in [0.25, 0.3) is 5.91 Å². The van der Waals surface area contributed by atoms with Crippen molar-refractivity contribution in [2.75, 3.05) is 31.6 Å². The van der Waals surface area contributed by atoms with E-state index in [1.807, 2.05) is 29.2 Å². The van der Waals surface area contributed by atoms with E-state index in [1.54, 1.807) is 7.11 Å². The van der Waals surface area contributed by atoms with E-state index in [9.17, 15) is 9.59 Å². The van der Waals surface area contributed by atoms with Gasteiger partial charge in [0.05, 0.1) is 0 Å². The molecule has 26 heavy (non-hydrogen) atoms. The number of carbonyl (C=O) groups excluding carboxylic acids is 2. The summed E-state index contributed by atoms with van der Waals surface area (Å²) in [5.74, 6) is 0.145. The largest absolute Gasteiger partial charge is 0.368 e. The number of ether oxygens (including phenoxy) is 1. The number of nitrogens with zero attached hydrogens (tertiary/aromatic N) is 1. The Morgan fingerprint density at radius 3 is 2.54 bits per heavy atom. The van der Waals surface area contributed by atoms with Crippen LogP contribution in [0, 0.1) is 0 Å². The highest BCUT2D eigenvalue weighted by atomic mass is 35.5. The number of methoxy groups -OCH3 is 1. The lowest BCUT2D eigenvalue weighted by atomic mass is 9.91. The molecule has 2 aliphatic rings. The van der Waals surface area contributed by atoms with E-state index < -0.39 is 5.60 Å². The second kappa shape index (κ2) is 9.35. The van der Waals surface area contributed by atoms with Gasteiger partial charge in [-0.05, 0) is 56.5 Å². The van der Waals surface area contributed by atoms with Gasteiger partial charge in [0.1, 0.15) is 5.60 Å². The Kier molecular flexibility index (Phi) is 7.43. The van der Waals surface area contributed by atoms with Crippen molar-refractivity contribution >= 4 is 29.9 Å². The highest BCUT2D eigenvalue weighted by Crippen LogP contribution is 2.23. The molecule has 0 atom stereocenters. The van der Waals surface area contributed by atoms with Gasteiger partial charge in [0, 0.05) is 32.3 Å². The van der Waals surface area contributed by atoms with E-state index >= 15 is 0 Å². The van der Waals surface area contributed by atoms with Crippen LogP contribution in [-0.4, -0.2) is 44.2 Å². The monoisotopic (exact) mass is 381 g/mol. The Hall–Kier alpha value is -1.63. The van der Waals surface area contributed by atoms with E-state index in [4.69, 9.17) is 4.74 Å². The third-order valence-corrected chi connectivity index (χ3v) is 5.24. The fraction of sp³-hybridized carbons (Fsp3) is 0.579. The zero-order chi connectivity index (χ0) is 17.7. The molecule has 0 bridgehead atoms. The molecule has 2 saturated heterocycles. The van der Waals surface area contributed by atoms with Crippen LogP contribution in [0.25, 0.3) is 0 Å². The van der Waals surface area contributed by atoms with Gasteiger partial charge in [-0.2, -0.15) is 0 Å². The molecule has 1 aromatic carbocycles. The van der Waals surface area contributed by atoms with E-state index in [0.29, 0.717) is 25.8 Å². The van der Waals surface area contributed by atoms with Gasteiger partial charge in [-0.25, -0.2) is 0 Å². The topological polar surface area (TPSA) is 70.7 Å². The summed E-state index contributed by atoms with van der Waals surface area (Å²) in [5, 5.41) is 6.25. The minimum absolute atomic E-state index is 0. The summed E-state index contributed by atoms with van der Waals surface area (Å²) >= 11 is 0. The molecule has 7 heteroatoms. The van der Waals surface area contributed by atoms with Crippen LogP contribution < -0.4 is 15.5 Å². The van der Waals surface area contributed by atoms with Crippen LogP contribution in [0.3, 0.4) is 0 Å². The standard InChI is InChI=1S/C19H27N3O3.ClH/c1-25-19(9-11-20-12-10-19)18(24)21-14-15-5-7-16(8-6-15)22-13-3-2-4-17(22)23;/h5-8,20H,2-4,9-14H2,1H3,(H,21,24);1H. The van der Waals surface area contributed by atoms with Crippen molar-refractivity contribution in [1.82, 2.24) is 10.6 Å². The molecule has 0 aromatic heterocycles. The molecule has 0 unspecified atom stereocenters. The van der Waals surface area contributed by atoms with Gasteiger partial charge < -0.3 is 20.3 Å². The predicted octanol–water partition coefficient (Wildman–Crippen LogP) is 2.01. The van der Waals surface area contributed by atoms with E-state index in [-0.39, 0.29) is 24.2 Å². The van der Waals surface area contributed by atoms with Crippen molar-refractivity contribution in [2.24, 2.45) is 0 Å². The van der Waals surface area contributed by atoms with E-state index in [2.05, 4.69) is 10.6 Å².